The number of rotatable bonds is 2. The Labute approximate surface area is 81.7 Å². The van der Waals surface area contributed by atoms with E-state index in [-0.39, 0.29) is 5.56 Å². The number of pyridine rings is 1. The highest BCUT2D eigenvalue weighted by molar-refractivity contribution is 9.10. The first-order valence-corrected chi connectivity index (χ1v) is 4.11. The van der Waals surface area contributed by atoms with Gasteiger partial charge in [0.1, 0.15) is 6.04 Å². The maximum absolute atomic E-state index is 12.9. The summed E-state index contributed by atoms with van der Waals surface area (Å²) in [5.74, 6) is -2.16. The van der Waals surface area contributed by atoms with Crippen LogP contribution in [0.15, 0.2) is 16.7 Å². The predicted octanol–water partition coefficient (Wildman–Crippen LogP) is 1.07. The minimum atomic E-state index is -1.38. The Morgan fingerprint density at radius 1 is 1.77 bits per heavy atom. The van der Waals surface area contributed by atoms with Gasteiger partial charge >= 0.3 is 5.97 Å². The Morgan fingerprint density at radius 3 is 2.92 bits per heavy atom. The summed E-state index contributed by atoms with van der Waals surface area (Å²) >= 11 is 3.04. The lowest BCUT2D eigenvalue weighted by Gasteiger charge is -2.06. The topological polar surface area (TPSA) is 76.2 Å². The maximum Gasteiger partial charge on any atom is 0.325 e. The third kappa shape index (κ3) is 2.22. The average molecular weight is 249 g/mol. The smallest absolute Gasteiger partial charge is 0.325 e. The molecule has 0 spiro atoms. The molecule has 1 heterocycles. The SMILES string of the molecule is NC(C(=O)O)c1cc(Br)cnc1F. The Kier molecular flexibility index (Phi) is 2.94. The molecule has 4 nitrogen and oxygen atoms in total. The van der Waals surface area contributed by atoms with Crippen LogP contribution >= 0.6 is 15.9 Å². The van der Waals surface area contributed by atoms with E-state index in [0.717, 1.165) is 0 Å². The van der Waals surface area contributed by atoms with Gasteiger partial charge in [-0.1, -0.05) is 0 Å². The van der Waals surface area contributed by atoms with Crippen molar-refractivity contribution in [2.24, 2.45) is 5.73 Å². The number of carbonyl (C=O) groups is 1. The van der Waals surface area contributed by atoms with Crippen molar-refractivity contribution in [1.29, 1.82) is 0 Å². The summed E-state index contributed by atoms with van der Waals surface area (Å²) in [6.07, 6.45) is 1.23. The molecule has 0 aliphatic rings. The molecule has 3 N–H and O–H groups in total. The minimum Gasteiger partial charge on any atom is -0.480 e. The first-order valence-electron chi connectivity index (χ1n) is 3.31. The fourth-order valence-corrected chi connectivity index (χ4v) is 1.14. The molecule has 0 radical (unpaired) electrons. The number of hydrogen-bond acceptors (Lipinski definition) is 3. The molecule has 0 saturated heterocycles. The van der Waals surface area contributed by atoms with E-state index >= 15 is 0 Å². The molecular weight excluding hydrogens is 243 g/mol. The van der Waals surface area contributed by atoms with E-state index in [1.807, 2.05) is 0 Å². The van der Waals surface area contributed by atoms with Crippen LogP contribution in [-0.4, -0.2) is 16.1 Å². The first kappa shape index (κ1) is 10.1. The van der Waals surface area contributed by atoms with Crippen LogP contribution in [0.5, 0.6) is 0 Å². The molecule has 0 bridgehead atoms. The van der Waals surface area contributed by atoms with E-state index in [1.54, 1.807) is 0 Å². The first-order chi connectivity index (χ1) is 6.02. The lowest BCUT2D eigenvalue weighted by Crippen LogP contribution is -2.22. The van der Waals surface area contributed by atoms with Gasteiger partial charge < -0.3 is 10.8 Å². The summed E-state index contributed by atoms with van der Waals surface area (Å²) in [4.78, 5) is 13.8. The van der Waals surface area contributed by atoms with Gasteiger partial charge in [0.05, 0.1) is 0 Å². The molecule has 6 heteroatoms. The van der Waals surface area contributed by atoms with Crippen LogP contribution in [0.3, 0.4) is 0 Å². The average Bonchev–Trinajstić information content (AvgIpc) is 2.08. The van der Waals surface area contributed by atoms with Crippen molar-refractivity contribution in [1.82, 2.24) is 4.98 Å². The molecular formula is C7H6BrFN2O2. The van der Waals surface area contributed by atoms with E-state index in [4.69, 9.17) is 10.8 Å². The van der Waals surface area contributed by atoms with E-state index < -0.39 is 18.0 Å². The van der Waals surface area contributed by atoms with Gasteiger partial charge in [0.25, 0.3) is 0 Å². The third-order valence-electron chi connectivity index (χ3n) is 1.43. The van der Waals surface area contributed by atoms with Crippen LogP contribution in [0.1, 0.15) is 11.6 Å². The number of aromatic nitrogens is 1. The Bertz CT molecular complexity index is 345. The van der Waals surface area contributed by atoms with Gasteiger partial charge in [-0.25, -0.2) is 4.98 Å². The van der Waals surface area contributed by atoms with E-state index in [0.29, 0.717) is 4.47 Å². The van der Waals surface area contributed by atoms with E-state index in [9.17, 15) is 9.18 Å². The van der Waals surface area contributed by atoms with Crippen LogP contribution in [0.25, 0.3) is 0 Å². The lowest BCUT2D eigenvalue weighted by atomic mass is 10.1. The number of carboxylic acids is 1. The number of aliphatic carboxylic acids is 1. The van der Waals surface area contributed by atoms with Crippen LogP contribution in [-0.2, 0) is 4.79 Å². The number of hydrogen-bond donors (Lipinski definition) is 2. The largest absolute Gasteiger partial charge is 0.480 e. The van der Waals surface area contributed by atoms with Crippen LogP contribution < -0.4 is 5.73 Å². The van der Waals surface area contributed by atoms with Gasteiger partial charge in [-0.05, 0) is 22.0 Å². The second-order valence-electron chi connectivity index (χ2n) is 2.35. The number of halogens is 2. The van der Waals surface area contributed by atoms with Crippen molar-refractivity contribution in [2.75, 3.05) is 0 Å². The van der Waals surface area contributed by atoms with Gasteiger partial charge in [0.15, 0.2) is 0 Å². The fraction of sp³-hybridized carbons (Fsp3) is 0.143. The Balaban J connectivity index is 3.12. The second-order valence-corrected chi connectivity index (χ2v) is 3.27. The van der Waals surface area contributed by atoms with E-state index in [1.165, 1.54) is 12.3 Å². The zero-order chi connectivity index (χ0) is 10.0. The van der Waals surface area contributed by atoms with Gasteiger partial charge in [-0.3, -0.25) is 4.79 Å². The molecule has 0 amide bonds. The predicted molar refractivity (Wildman–Crippen MR) is 46.5 cm³/mol. The zero-order valence-corrected chi connectivity index (χ0v) is 7.95. The van der Waals surface area contributed by atoms with Gasteiger partial charge in [0, 0.05) is 16.2 Å². The molecule has 1 aromatic rings. The van der Waals surface area contributed by atoms with Crippen molar-refractivity contribution in [3.8, 4) is 0 Å². The molecule has 0 aliphatic carbocycles. The summed E-state index contributed by atoms with van der Waals surface area (Å²) < 4.78 is 13.4. The number of carboxylic acid groups (broad SMARTS) is 1. The summed E-state index contributed by atoms with van der Waals surface area (Å²) in [5, 5.41) is 8.52. The Morgan fingerprint density at radius 2 is 2.38 bits per heavy atom. The van der Waals surface area contributed by atoms with Crippen LogP contribution in [0, 0.1) is 5.95 Å². The second kappa shape index (κ2) is 3.80. The molecule has 1 aromatic heterocycles. The molecule has 0 aromatic carbocycles. The summed E-state index contributed by atoms with van der Waals surface area (Å²) in [5.41, 5.74) is 5.07. The highest BCUT2D eigenvalue weighted by Crippen LogP contribution is 2.18. The molecule has 0 saturated carbocycles. The molecule has 1 atom stereocenters. The van der Waals surface area contributed by atoms with Crippen molar-refractivity contribution < 1.29 is 14.3 Å². The molecule has 1 rings (SSSR count). The third-order valence-corrected chi connectivity index (χ3v) is 1.87. The quantitative estimate of drug-likeness (QED) is 0.768. The van der Waals surface area contributed by atoms with Crippen LogP contribution in [0.4, 0.5) is 4.39 Å². The van der Waals surface area contributed by atoms with Crippen molar-refractivity contribution in [3.05, 3.63) is 28.2 Å². The molecule has 1 unspecified atom stereocenters. The van der Waals surface area contributed by atoms with Crippen molar-refractivity contribution in [3.63, 3.8) is 0 Å². The Hall–Kier alpha value is -1.01. The molecule has 0 aliphatic heterocycles. The highest BCUT2D eigenvalue weighted by Gasteiger charge is 2.19. The maximum atomic E-state index is 12.9. The van der Waals surface area contributed by atoms with Crippen LogP contribution in [0.2, 0.25) is 0 Å². The van der Waals surface area contributed by atoms with Crippen molar-refractivity contribution >= 4 is 21.9 Å². The summed E-state index contributed by atoms with van der Waals surface area (Å²) in [6, 6.07) is -0.0915. The normalized spacial score (nSPS) is 12.5. The summed E-state index contributed by atoms with van der Waals surface area (Å²) in [6.45, 7) is 0. The fourth-order valence-electron chi connectivity index (χ4n) is 0.789. The van der Waals surface area contributed by atoms with Gasteiger partial charge in [-0.15, -0.1) is 0 Å². The highest BCUT2D eigenvalue weighted by atomic mass is 79.9. The molecule has 13 heavy (non-hydrogen) atoms. The summed E-state index contributed by atoms with van der Waals surface area (Å²) in [7, 11) is 0. The number of nitrogens with zero attached hydrogens (tertiary/aromatic N) is 1. The monoisotopic (exact) mass is 248 g/mol. The minimum absolute atomic E-state index is 0.137. The molecule has 0 fully saturated rings. The zero-order valence-electron chi connectivity index (χ0n) is 6.37. The van der Waals surface area contributed by atoms with Crippen molar-refractivity contribution in [2.45, 2.75) is 6.04 Å². The van der Waals surface area contributed by atoms with Gasteiger partial charge in [0.2, 0.25) is 5.95 Å². The van der Waals surface area contributed by atoms with Gasteiger partial charge in [-0.2, -0.15) is 4.39 Å². The standard InChI is InChI=1S/C7H6BrFN2O2/c8-3-1-4(5(10)7(12)13)6(9)11-2-3/h1-2,5H,10H2,(H,12,13). The number of nitrogens with two attached hydrogens (primary N) is 1. The lowest BCUT2D eigenvalue weighted by molar-refractivity contribution is -0.138. The molecule has 70 valence electrons. The van der Waals surface area contributed by atoms with E-state index in [2.05, 4.69) is 20.9 Å².